The van der Waals surface area contributed by atoms with Crippen molar-refractivity contribution in [1.29, 1.82) is 0 Å². The van der Waals surface area contributed by atoms with Gasteiger partial charge in [-0.1, -0.05) is 29.3 Å². The molecule has 0 atom stereocenters. The van der Waals surface area contributed by atoms with Crippen LogP contribution in [0.5, 0.6) is 5.75 Å². The third kappa shape index (κ3) is 3.79. The van der Waals surface area contributed by atoms with Gasteiger partial charge in [0.1, 0.15) is 12.4 Å². The number of nitro benzene ring substituents is 1. The maximum Gasteiger partial charge on any atom is 0.270 e. The third-order valence-corrected chi connectivity index (χ3v) is 3.83. The highest BCUT2D eigenvalue weighted by molar-refractivity contribution is 6.35. The summed E-state index contributed by atoms with van der Waals surface area (Å²) < 4.78 is 5.63. The Morgan fingerprint density at radius 1 is 1.14 bits per heavy atom. The Bertz CT molecular complexity index is 656. The molecule has 0 aliphatic heterocycles. The zero-order valence-corrected chi connectivity index (χ0v) is 13.0. The summed E-state index contributed by atoms with van der Waals surface area (Å²) in [7, 11) is 0. The van der Waals surface area contributed by atoms with E-state index in [2.05, 4.69) is 0 Å². The summed E-state index contributed by atoms with van der Waals surface area (Å²) >= 11 is 17.9. The lowest BCUT2D eigenvalue weighted by atomic mass is 10.2. The van der Waals surface area contributed by atoms with Crippen LogP contribution in [-0.4, -0.2) is 4.92 Å². The van der Waals surface area contributed by atoms with E-state index in [1.165, 1.54) is 18.2 Å². The molecule has 0 amide bonds. The molecule has 2 aromatic rings. The summed E-state index contributed by atoms with van der Waals surface area (Å²) in [6, 6.07) is 9.43. The second-order valence-electron chi connectivity index (χ2n) is 4.17. The number of non-ortho nitro benzene ring substituents is 1. The van der Waals surface area contributed by atoms with Crippen molar-refractivity contribution in [2.45, 2.75) is 12.5 Å². The monoisotopic (exact) mass is 345 g/mol. The van der Waals surface area contributed by atoms with Crippen LogP contribution in [0.3, 0.4) is 0 Å². The highest BCUT2D eigenvalue weighted by Gasteiger charge is 2.12. The van der Waals surface area contributed by atoms with Crippen LogP contribution in [0.2, 0.25) is 10.0 Å². The van der Waals surface area contributed by atoms with E-state index in [4.69, 9.17) is 39.5 Å². The molecule has 0 saturated carbocycles. The minimum atomic E-state index is -0.481. The topological polar surface area (TPSA) is 52.4 Å². The van der Waals surface area contributed by atoms with E-state index in [9.17, 15) is 10.1 Å². The molecule has 4 nitrogen and oxygen atoms in total. The minimum Gasteiger partial charge on any atom is -0.488 e. The molecule has 0 N–H and O–H groups in total. The quantitative estimate of drug-likeness (QED) is 0.424. The Kier molecular flexibility index (Phi) is 5.28. The minimum absolute atomic E-state index is 0.0335. The van der Waals surface area contributed by atoms with Crippen LogP contribution >= 0.6 is 34.8 Å². The zero-order chi connectivity index (χ0) is 15.4. The zero-order valence-electron chi connectivity index (χ0n) is 10.7. The molecule has 110 valence electrons. The van der Waals surface area contributed by atoms with Crippen LogP contribution in [0.1, 0.15) is 11.1 Å². The van der Waals surface area contributed by atoms with Gasteiger partial charge in [-0.3, -0.25) is 10.1 Å². The fraction of sp³-hybridized carbons (Fsp3) is 0.143. The fourth-order valence-electron chi connectivity index (χ4n) is 1.74. The number of hydrogen-bond donors (Lipinski definition) is 0. The van der Waals surface area contributed by atoms with E-state index in [1.807, 2.05) is 0 Å². The molecule has 0 heterocycles. The molecule has 2 aromatic carbocycles. The summed E-state index contributed by atoms with van der Waals surface area (Å²) in [5.41, 5.74) is 1.16. The molecule has 21 heavy (non-hydrogen) atoms. The van der Waals surface area contributed by atoms with E-state index in [1.54, 1.807) is 18.2 Å². The van der Waals surface area contributed by atoms with Crippen LogP contribution in [-0.2, 0) is 12.5 Å². The molecule has 0 saturated heterocycles. The Labute approximate surface area is 136 Å². The summed E-state index contributed by atoms with van der Waals surface area (Å²) in [5.74, 6) is 0.569. The van der Waals surface area contributed by atoms with E-state index in [0.717, 1.165) is 0 Å². The molecule has 0 bridgehead atoms. The largest absolute Gasteiger partial charge is 0.488 e. The molecule has 2 rings (SSSR count). The first-order valence-corrected chi connectivity index (χ1v) is 7.21. The lowest BCUT2D eigenvalue weighted by molar-refractivity contribution is -0.384. The first-order valence-electron chi connectivity index (χ1n) is 5.92. The van der Waals surface area contributed by atoms with Gasteiger partial charge in [0.15, 0.2) is 0 Å². The molecule has 0 spiro atoms. The maximum absolute atomic E-state index is 10.7. The van der Waals surface area contributed by atoms with Gasteiger partial charge in [0.2, 0.25) is 0 Å². The molecule has 0 fully saturated rings. The highest BCUT2D eigenvalue weighted by atomic mass is 35.5. The number of hydrogen-bond acceptors (Lipinski definition) is 3. The fourth-order valence-corrected chi connectivity index (χ4v) is 2.46. The van der Waals surface area contributed by atoms with Crippen molar-refractivity contribution in [1.82, 2.24) is 0 Å². The predicted octanol–water partition coefficient (Wildman–Crippen LogP) is 5.22. The van der Waals surface area contributed by atoms with Gasteiger partial charge in [0, 0.05) is 33.3 Å². The average molecular weight is 347 g/mol. The van der Waals surface area contributed by atoms with Crippen molar-refractivity contribution in [2.75, 3.05) is 0 Å². The average Bonchev–Trinajstić information content (AvgIpc) is 2.46. The molecule has 0 aliphatic rings. The van der Waals surface area contributed by atoms with Gasteiger partial charge in [-0.05, 0) is 18.2 Å². The van der Waals surface area contributed by atoms with Crippen molar-refractivity contribution < 1.29 is 9.66 Å². The van der Waals surface area contributed by atoms with Crippen molar-refractivity contribution in [2.24, 2.45) is 0 Å². The van der Waals surface area contributed by atoms with Crippen LogP contribution in [0.15, 0.2) is 36.4 Å². The molecule has 7 heteroatoms. The Morgan fingerprint density at radius 3 is 2.38 bits per heavy atom. The van der Waals surface area contributed by atoms with E-state index < -0.39 is 4.92 Å². The molecule has 0 unspecified atom stereocenters. The Morgan fingerprint density at radius 2 is 1.81 bits per heavy atom. The molecule has 0 aromatic heterocycles. The number of halogens is 3. The highest BCUT2D eigenvalue weighted by Crippen LogP contribution is 2.29. The molecule has 0 radical (unpaired) electrons. The van der Waals surface area contributed by atoms with Gasteiger partial charge in [0.05, 0.1) is 10.8 Å². The van der Waals surface area contributed by atoms with Crippen molar-refractivity contribution in [3.63, 3.8) is 0 Å². The normalized spacial score (nSPS) is 10.4. The number of nitro groups is 1. The van der Waals surface area contributed by atoms with Crippen molar-refractivity contribution in [3.05, 3.63) is 67.7 Å². The Balaban J connectivity index is 2.22. The summed E-state index contributed by atoms with van der Waals surface area (Å²) in [6.07, 6.45) is 0. The summed E-state index contributed by atoms with van der Waals surface area (Å²) in [4.78, 5) is 10.3. The first-order chi connectivity index (χ1) is 10.0. The van der Waals surface area contributed by atoms with Crippen LogP contribution in [0.4, 0.5) is 5.69 Å². The van der Waals surface area contributed by atoms with E-state index >= 15 is 0 Å². The number of nitrogens with zero attached hydrogens (tertiary/aromatic N) is 1. The van der Waals surface area contributed by atoms with E-state index in [-0.39, 0.29) is 18.2 Å². The van der Waals surface area contributed by atoms with Gasteiger partial charge in [-0.15, -0.1) is 11.6 Å². The van der Waals surface area contributed by atoms with Gasteiger partial charge < -0.3 is 4.74 Å². The van der Waals surface area contributed by atoms with E-state index in [0.29, 0.717) is 26.9 Å². The number of ether oxygens (including phenoxy) is 1. The van der Waals surface area contributed by atoms with Gasteiger partial charge in [0.25, 0.3) is 5.69 Å². The summed E-state index contributed by atoms with van der Waals surface area (Å²) in [6.45, 7) is 0.153. The van der Waals surface area contributed by atoms with Crippen molar-refractivity contribution in [3.8, 4) is 5.75 Å². The van der Waals surface area contributed by atoms with Crippen LogP contribution < -0.4 is 4.74 Å². The maximum atomic E-state index is 10.7. The standard InChI is InChI=1S/C14H10Cl3NO3/c15-7-9-6-10(18(19)20)4-5-14(9)21-8-11-12(16)2-1-3-13(11)17/h1-6H,7-8H2. The summed E-state index contributed by atoms with van der Waals surface area (Å²) in [5, 5.41) is 11.7. The number of benzene rings is 2. The third-order valence-electron chi connectivity index (χ3n) is 2.83. The van der Waals surface area contributed by atoms with Gasteiger partial charge in [-0.25, -0.2) is 0 Å². The van der Waals surface area contributed by atoms with Crippen LogP contribution in [0.25, 0.3) is 0 Å². The second kappa shape index (κ2) is 6.98. The lowest BCUT2D eigenvalue weighted by Crippen LogP contribution is -2.00. The molecular formula is C14H10Cl3NO3. The smallest absolute Gasteiger partial charge is 0.270 e. The Hall–Kier alpha value is -1.49. The molecular weight excluding hydrogens is 337 g/mol. The number of alkyl halides is 1. The van der Waals surface area contributed by atoms with Crippen molar-refractivity contribution >= 4 is 40.5 Å². The second-order valence-corrected chi connectivity index (χ2v) is 5.25. The number of rotatable bonds is 5. The first kappa shape index (κ1) is 15.9. The van der Waals surface area contributed by atoms with Gasteiger partial charge >= 0.3 is 0 Å². The molecule has 0 aliphatic carbocycles. The van der Waals surface area contributed by atoms with Gasteiger partial charge in [-0.2, -0.15) is 0 Å². The van der Waals surface area contributed by atoms with Crippen LogP contribution in [0, 0.1) is 10.1 Å². The predicted molar refractivity (Wildman–Crippen MR) is 83.4 cm³/mol. The SMILES string of the molecule is O=[N+]([O-])c1ccc(OCc2c(Cl)cccc2Cl)c(CCl)c1. The lowest BCUT2D eigenvalue weighted by Gasteiger charge is -2.12.